The number of β-amino-alcohol motifs (C(OH)–C–C–N with tert-alkyl or cyclic N) is 1. The van der Waals surface area contributed by atoms with E-state index in [1.807, 2.05) is 18.2 Å². The summed E-state index contributed by atoms with van der Waals surface area (Å²) in [6.45, 7) is 6.62. The van der Waals surface area contributed by atoms with E-state index in [1.165, 1.54) is 11.1 Å². The van der Waals surface area contributed by atoms with Crippen molar-refractivity contribution in [2.24, 2.45) is 0 Å². The standard InChI is InChI=1S/C25H31NO4/c1-17-13-20-7-8-25(30-23(20)14-18(17)2)9-11-26(12-10-25)16-21(27)19-5-6-22(28-3)24(15-19)29-4/h5-8,13-15,21,27H,9-12,16H2,1-4H3. The van der Waals surface area contributed by atoms with Crippen molar-refractivity contribution in [1.82, 2.24) is 4.90 Å². The molecule has 5 heteroatoms. The third-order valence-electron chi connectivity index (χ3n) is 6.43. The fraction of sp³-hybridized carbons (Fsp3) is 0.440. The molecular weight excluding hydrogens is 378 g/mol. The van der Waals surface area contributed by atoms with Gasteiger partial charge >= 0.3 is 0 Å². The van der Waals surface area contributed by atoms with Crippen molar-refractivity contribution >= 4 is 6.08 Å². The largest absolute Gasteiger partial charge is 0.493 e. The zero-order valence-electron chi connectivity index (χ0n) is 18.3. The Morgan fingerprint density at radius 2 is 1.73 bits per heavy atom. The minimum absolute atomic E-state index is 0.237. The number of aliphatic hydroxyl groups is 1. The monoisotopic (exact) mass is 409 g/mol. The Hall–Kier alpha value is -2.50. The molecule has 4 rings (SSSR count). The van der Waals surface area contributed by atoms with Gasteiger partial charge < -0.3 is 24.2 Å². The summed E-state index contributed by atoms with van der Waals surface area (Å²) in [7, 11) is 3.22. The maximum absolute atomic E-state index is 10.8. The lowest BCUT2D eigenvalue weighted by atomic mass is 9.87. The first-order valence-electron chi connectivity index (χ1n) is 10.5. The Balaban J connectivity index is 1.39. The number of ether oxygens (including phenoxy) is 3. The number of methoxy groups -OCH3 is 2. The zero-order chi connectivity index (χ0) is 21.3. The molecule has 1 unspecified atom stereocenters. The van der Waals surface area contributed by atoms with Crippen LogP contribution in [0, 0.1) is 13.8 Å². The van der Waals surface area contributed by atoms with E-state index in [9.17, 15) is 5.11 Å². The molecule has 2 aliphatic heterocycles. The van der Waals surface area contributed by atoms with Crippen LogP contribution in [0.3, 0.4) is 0 Å². The van der Waals surface area contributed by atoms with Crippen molar-refractivity contribution in [3.05, 3.63) is 58.7 Å². The number of hydrogen-bond donors (Lipinski definition) is 1. The molecule has 1 fully saturated rings. The maximum Gasteiger partial charge on any atom is 0.161 e. The van der Waals surface area contributed by atoms with Gasteiger partial charge in [-0.1, -0.05) is 12.1 Å². The number of benzene rings is 2. The highest BCUT2D eigenvalue weighted by atomic mass is 16.5. The van der Waals surface area contributed by atoms with Gasteiger partial charge in [-0.2, -0.15) is 0 Å². The number of aryl methyl sites for hydroxylation is 2. The van der Waals surface area contributed by atoms with Crippen molar-refractivity contribution < 1.29 is 19.3 Å². The Labute approximate surface area is 178 Å². The van der Waals surface area contributed by atoms with Gasteiger partial charge in [0.15, 0.2) is 11.5 Å². The number of fused-ring (bicyclic) bond motifs is 1. The average Bonchev–Trinajstić information content (AvgIpc) is 2.76. The molecule has 160 valence electrons. The number of rotatable bonds is 5. The average molecular weight is 410 g/mol. The SMILES string of the molecule is COc1ccc(C(O)CN2CCC3(C=Cc4cc(C)c(C)cc4O3)CC2)cc1OC. The molecule has 0 aliphatic carbocycles. The second kappa shape index (κ2) is 8.32. The lowest BCUT2D eigenvalue weighted by molar-refractivity contribution is 0.0200. The maximum atomic E-state index is 10.8. The first kappa shape index (κ1) is 20.8. The van der Waals surface area contributed by atoms with Crippen LogP contribution >= 0.6 is 0 Å². The van der Waals surface area contributed by atoms with Crippen molar-refractivity contribution in [3.63, 3.8) is 0 Å². The van der Waals surface area contributed by atoms with E-state index in [4.69, 9.17) is 14.2 Å². The van der Waals surface area contributed by atoms with Gasteiger partial charge in [-0.25, -0.2) is 0 Å². The Kier molecular flexibility index (Phi) is 5.76. The van der Waals surface area contributed by atoms with Crippen molar-refractivity contribution in [3.8, 4) is 17.2 Å². The molecule has 2 aromatic rings. The normalized spacial score (nSPS) is 18.6. The summed E-state index contributed by atoms with van der Waals surface area (Å²) in [5.74, 6) is 2.29. The van der Waals surface area contributed by atoms with Gasteiger partial charge in [0.1, 0.15) is 11.4 Å². The molecule has 0 amide bonds. The first-order chi connectivity index (χ1) is 14.4. The molecule has 2 heterocycles. The van der Waals surface area contributed by atoms with Crippen LogP contribution in [0.4, 0.5) is 0 Å². The van der Waals surface area contributed by atoms with Crippen LogP contribution in [-0.4, -0.2) is 49.5 Å². The van der Waals surface area contributed by atoms with Gasteiger partial charge in [-0.3, -0.25) is 0 Å². The molecule has 5 nitrogen and oxygen atoms in total. The molecule has 1 atom stereocenters. The van der Waals surface area contributed by atoms with Crippen LogP contribution in [0.15, 0.2) is 36.4 Å². The van der Waals surface area contributed by atoms with Gasteiger partial charge in [-0.15, -0.1) is 0 Å². The molecule has 1 N–H and O–H groups in total. The lowest BCUT2D eigenvalue weighted by Crippen LogP contribution is -2.48. The predicted molar refractivity (Wildman–Crippen MR) is 118 cm³/mol. The Bertz CT molecular complexity index is 944. The Morgan fingerprint density at radius 3 is 2.43 bits per heavy atom. The molecule has 1 saturated heterocycles. The molecule has 2 aromatic carbocycles. The second-order valence-electron chi connectivity index (χ2n) is 8.41. The molecule has 0 aromatic heterocycles. The summed E-state index contributed by atoms with van der Waals surface area (Å²) in [6.07, 6.45) is 5.68. The molecule has 0 radical (unpaired) electrons. The highest BCUT2D eigenvalue weighted by Gasteiger charge is 2.37. The van der Waals surface area contributed by atoms with E-state index >= 15 is 0 Å². The van der Waals surface area contributed by atoms with E-state index in [0.717, 1.165) is 42.8 Å². The third kappa shape index (κ3) is 4.05. The van der Waals surface area contributed by atoms with E-state index in [0.29, 0.717) is 18.0 Å². The summed E-state index contributed by atoms with van der Waals surface area (Å²) in [5.41, 5.74) is 4.31. The van der Waals surface area contributed by atoms with Crippen LogP contribution in [0.5, 0.6) is 17.2 Å². The van der Waals surface area contributed by atoms with Gasteiger partial charge in [-0.05, 0) is 60.9 Å². The fourth-order valence-corrected chi connectivity index (χ4v) is 4.32. The Morgan fingerprint density at radius 1 is 1.03 bits per heavy atom. The number of piperidine rings is 1. The van der Waals surface area contributed by atoms with Gasteiger partial charge in [0, 0.05) is 38.0 Å². The summed E-state index contributed by atoms with van der Waals surface area (Å²) in [4.78, 5) is 2.31. The highest BCUT2D eigenvalue weighted by Crippen LogP contribution is 2.38. The van der Waals surface area contributed by atoms with E-state index in [2.05, 4.69) is 43.0 Å². The highest BCUT2D eigenvalue weighted by molar-refractivity contribution is 5.63. The number of likely N-dealkylation sites (tertiary alicyclic amines) is 1. The minimum atomic E-state index is -0.576. The zero-order valence-corrected chi connectivity index (χ0v) is 18.3. The van der Waals surface area contributed by atoms with Gasteiger partial charge in [0.05, 0.1) is 20.3 Å². The van der Waals surface area contributed by atoms with Crippen LogP contribution in [0.2, 0.25) is 0 Å². The smallest absolute Gasteiger partial charge is 0.161 e. The second-order valence-corrected chi connectivity index (χ2v) is 8.41. The van der Waals surface area contributed by atoms with E-state index < -0.39 is 6.10 Å². The lowest BCUT2D eigenvalue weighted by Gasteiger charge is -2.42. The quantitative estimate of drug-likeness (QED) is 0.798. The first-order valence-corrected chi connectivity index (χ1v) is 10.5. The van der Waals surface area contributed by atoms with Crippen LogP contribution < -0.4 is 14.2 Å². The molecule has 30 heavy (non-hydrogen) atoms. The molecule has 0 bridgehead atoms. The van der Waals surface area contributed by atoms with E-state index in [1.54, 1.807) is 14.2 Å². The van der Waals surface area contributed by atoms with Crippen LogP contribution in [0.1, 0.15) is 41.2 Å². The molecule has 1 spiro atoms. The molecule has 2 aliphatic rings. The molecule has 0 saturated carbocycles. The third-order valence-corrected chi connectivity index (χ3v) is 6.43. The fourth-order valence-electron chi connectivity index (χ4n) is 4.32. The van der Waals surface area contributed by atoms with Crippen LogP contribution in [-0.2, 0) is 0 Å². The number of hydrogen-bond acceptors (Lipinski definition) is 5. The van der Waals surface area contributed by atoms with Crippen molar-refractivity contribution in [1.29, 1.82) is 0 Å². The summed E-state index contributed by atoms with van der Waals surface area (Å²) in [5, 5.41) is 10.8. The van der Waals surface area contributed by atoms with Gasteiger partial charge in [0.2, 0.25) is 0 Å². The minimum Gasteiger partial charge on any atom is -0.493 e. The van der Waals surface area contributed by atoms with Crippen molar-refractivity contribution in [2.75, 3.05) is 33.9 Å². The van der Waals surface area contributed by atoms with E-state index in [-0.39, 0.29) is 5.60 Å². The topological polar surface area (TPSA) is 51.2 Å². The molecular formula is C25H31NO4. The van der Waals surface area contributed by atoms with Crippen molar-refractivity contribution in [2.45, 2.75) is 38.4 Å². The van der Waals surface area contributed by atoms with Gasteiger partial charge in [0.25, 0.3) is 0 Å². The predicted octanol–water partition coefficient (Wildman–Crippen LogP) is 4.29. The summed E-state index contributed by atoms with van der Waals surface area (Å²) >= 11 is 0. The van der Waals surface area contributed by atoms with Crippen LogP contribution in [0.25, 0.3) is 6.08 Å². The summed E-state index contributed by atoms with van der Waals surface area (Å²) < 4.78 is 17.1. The number of aliphatic hydroxyl groups excluding tert-OH is 1. The number of nitrogens with zero attached hydrogens (tertiary/aromatic N) is 1. The summed E-state index contributed by atoms with van der Waals surface area (Å²) in [6, 6.07) is 9.94.